The van der Waals surface area contributed by atoms with Crippen LogP contribution in [0.1, 0.15) is 28.6 Å². The second-order valence-corrected chi connectivity index (χ2v) is 7.07. The Bertz CT molecular complexity index is 877. The molecule has 0 aliphatic carbocycles. The molecule has 0 saturated carbocycles. The highest BCUT2D eigenvalue weighted by Crippen LogP contribution is 2.30. The van der Waals surface area contributed by atoms with Crippen LogP contribution >= 0.6 is 0 Å². The summed E-state index contributed by atoms with van der Waals surface area (Å²) in [7, 11) is 3.89. The van der Waals surface area contributed by atoms with Crippen LogP contribution in [0, 0.1) is 0 Å². The summed E-state index contributed by atoms with van der Waals surface area (Å²) in [6, 6.07) is 5.41. The Morgan fingerprint density at radius 2 is 2.11 bits per heavy atom. The SMILES string of the molecule is CN1CCC(=O)Nc2cc(C(=O)N3CCNCC3c3nccn3C)ccc21. The first-order valence-corrected chi connectivity index (χ1v) is 9.18. The minimum atomic E-state index is -0.123. The van der Waals surface area contributed by atoms with E-state index < -0.39 is 0 Å². The van der Waals surface area contributed by atoms with Crippen LogP contribution in [0.15, 0.2) is 30.6 Å². The molecule has 0 spiro atoms. The molecule has 1 unspecified atom stereocenters. The van der Waals surface area contributed by atoms with Gasteiger partial charge in [-0.1, -0.05) is 0 Å². The van der Waals surface area contributed by atoms with Gasteiger partial charge < -0.3 is 25.0 Å². The number of benzene rings is 1. The van der Waals surface area contributed by atoms with Gasteiger partial charge in [-0.2, -0.15) is 0 Å². The summed E-state index contributed by atoms with van der Waals surface area (Å²) < 4.78 is 1.95. The van der Waals surface area contributed by atoms with Crippen LogP contribution < -0.4 is 15.5 Å². The Hall–Kier alpha value is -2.87. The number of aromatic nitrogens is 2. The van der Waals surface area contributed by atoms with E-state index in [2.05, 4.69) is 15.6 Å². The molecular formula is C19H24N6O2. The van der Waals surface area contributed by atoms with Crippen molar-refractivity contribution in [3.63, 3.8) is 0 Å². The van der Waals surface area contributed by atoms with Crippen LogP contribution in [0.4, 0.5) is 11.4 Å². The summed E-state index contributed by atoms with van der Waals surface area (Å²) in [6.07, 6.45) is 4.08. The number of aryl methyl sites for hydroxylation is 1. The fourth-order valence-electron chi connectivity index (χ4n) is 3.75. The van der Waals surface area contributed by atoms with Gasteiger partial charge in [-0.25, -0.2) is 4.98 Å². The Morgan fingerprint density at radius 1 is 1.26 bits per heavy atom. The van der Waals surface area contributed by atoms with Gasteiger partial charge >= 0.3 is 0 Å². The van der Waals surface area contributed by atoms with E-state index in [0.717, 1.165) is 18.1 Å². The Balaban J connectivity index is 1.65. The van der Waals surface area contributed by atoms with Crippen LogP contribution in [0.5, 0.6) is 0 Å². The number of piperazine rings is 1. The van der Waals surface area contributed by atoms with Crippen LogP contribution in [-0.4, -0.2) is 59.5 Å². The predicted molar refractivity (Wildman–Crippen MR) is 103 cm³/mol. The van der Waals surface area contributed by atoms with E-state index in [1.54, 1.807) is 12.3 Å². The molecule has 142 valence electrons. The lowest BCUT2D eigenvalue weighted by Crippen LogP contribution is -2.49. The number of amides is 2. The molecule has 2 amide bonds. The lowest BCUT2D eigenvalue weighted by atomic mass is 10.1. The number of nitrogens with zero attached hydrogens (tertiary/aromatic N) is 4. The highest BCUT2D eigenvalue weighted by Gasteiger charge is 2.31. The smallest absolute Gasteiger partial charge is 0.254 e. The lowest BCUT2D eigenvalue weighted by Gasteiger charge is -2.36. The molecule has 2 aliphatic rings. The van der Waals surface area contributed by atoms with Gasteiger partial charge in [0.2, 0.25) is 5.91 Å². The summed E-state index contributed by atoms with van der Waals surface area (Å²) in [5.74, 6) is 0.782. The molecule has 27 heavy (non-hydrogen) atoms. The van der Waals surface area contributed by atoms with Crippen LogP contribution in [0.2, 0.25) is 0 Å². The van der Waals surface area contributed by atoms with Crippen molar-refractivity contribution in [1.82, 2.24) is 19.8 Å². The number of fused-ring (bicyclic) bond motifs is 1. The molecule has 2 N–H and O–H groups in total. The minimum absolute atomic E-state index is 0.0294. The van der Waals surface area contributed by atoms with Crippen molar-refractivity contribution in [1.29, 1.82) is 0 Å². The molecule has 1 atom stereocenters. The molecule has 0 radical (unpaired) electrons. The quantitative estimate of drug-likeness (QED) is 0.826. The number of rotatable bonds is 2. The van der Waals surface area contributed by atoms with Gasteiger partial charge in [0.1, 0.15) is 11.9 Å². The van der Waals surface area contributed by atoms with Crippen molar-refractivity contribution < 1.29 is 9.59 Å². The van der Waals surface area contributed by atoms with Crippen molar-refractivity contribution in [3.8, 4) is 0 Å². The van der Waals surface area contributed by atoms with Gasteiger partial charge in [0.05, 0.1) is 11.4 Å². The van der Waals surface area contributed by atoms with Crippen LogP contribution in [-0.2, 0) is 11.8 Å². The van der Waals surface area contributed by atoms with Crippen molar-refractivity contribution in [2.24, 2.45) is 7.05 Å². The van der Waals surface area contributed by atoms with Gasteiger partial charge in [-0.3, -0.25) is 9.59 Å². The lowest BCUT2D eigenvalue weighted by molar-refractivity contribution is -0.115. The number of imidazole rings is 1. The molecule has 1 aromatic carbocycles. The molecular weight excluding hydrogens is 344 g/mol. The van der Waals surface area contributed by atoms with Crippen LogP contribution in [0.3, 0.4) is 0 Å². The summed E-state index contributed by atoms with van der Waals surface area (Å²) >= 11 is 0. The third kappa shape index (κ3) is 3.28. The fraction of sp³-hybridized carbons (Fsp3) is 0.421. The predicted octanol–water partition coefficient (Wildman–Crippen LogP) is 0.985. The Labute approximate surface area is 158 Å². The number of hydrogen-bond donors (Lipinski definition) is 2. The average molecular weight is 368 g/mol. The number of nitrogens with one attached hydrogen (secondary N) is 2. The van der Waals surface area contributed by atoms with E-state index >= 15 is 0 Å². The topological polar surface area (TPSA) is 82.5 Å². The first-order chi connectivity index (χ1) is 13.0. The van der Waals surface area contributed by atoms with E-state index in [1.165, 1.54) is 0 Å². The zero-order valence-corrected chi connectivity index (χ0v) is 15.6. The molecule has 8 heteroatoms. The molecule has 8 nitrogen and oxygen atoms in total. The van der Waals surface area contributed by atoms with E-state index in [1.807, 2.05) is 46.8 Å². The highest BCUT2D eigenvalue weighted by molar-refractivity contribution is 6.01. The Morgan fingerprint density at radius 3 is 2.89 bits per heavy atom. The third-order valence-electron chi connectivity index (χ3n) is 5.26. The normalized spacial score (nSPS) is 20.1. The van der Waals surface area contributed by atoms with Gasteiger partial charge in [0, 0.05) is 64.7 Å². The summed E-state index contributed by atoms with van der Waals surface area (Å²) in [5, 5.41) is 6.26. The molecule has 0 bridgehead atoms. The van der Waals surface area contributed by atoms with Crippen molar-refractivity contribution in [2.45, 2.75) is 12.5 Å². The highest BCUT2D eigenvalue weighted by atomic mass is 16.2. The third-order valence-corrected chi connectivity index (χ3v) is 5.26. The zero-order valence-electron chi connectivity index (χ0n) is 15.6. The summed E-state index contributed by atoms with van der Waals surface area (Å²) in [5.41, 5.74) is 2.19. The van der Waals surface area contributed by atoms with Gasteiger partial charge in [0.25, 0.3) is 5.91 Å². The number of hydrogen-bond acceptors (Lipinski definition) is 5. The van der Waals surface area contributed by atoms with Crippen molar-refractivity contribution >= 4 is 23.2 Å². The average Bonchev–Trinajstić information content (AvgIpc) is 3.05. The maximum absolute atomic E-state index is 13.3. The number of carbonyl (C=O) groups excluding carboxylic acids is 2. The standard InChI is InChI=1S/C19H24N6O2/c1-23-8-5-17(26)22-14-11-13(3-4-15(14)23)19(27)25-10-6-20-12-16(25)18-21-7-9-24(18)2/h3-4,7,9,11,16,20H,5-6,8,10,12H2,1-2H3,(H,22,26). The zero-order chi connectivity index (χ0) is 19.0. The fourth-order valence-corrected chi connectivity index (χ4v) is 3.75. The first kappa shape index (κ1) is 17.5. The first-order valence-electron chi connectivity index (χ1n) is 9.18. The monoisotopic (exact) mass is 368 g/mol. The molecule has 1 aromatic heterocycles. The van der Waals surface area contributed by atoms with Crippen molar-refractivity contribution in [2.75, 3.05) is 43.4 Å². The van der Waals surface area contributed by atoms with E-state index in [-0.39, 0.29) is 17.9 Å². The van der Waals surface area contributed by atoms with E-state index in [4.69, 9.17) is 0 Å². The molecule has 2 aliphatic heterocycles. The minimum Gasteiger partial charge on any atom is -0.372 e. The second kappa shape index (κ2) is 7.03. The second-order valence-electron chi connectivity index (χ2n) is 7.07. The van der Waals surface area contributed by atoms with E-state index in [9.17, 15) is 9.59 Å². The molecule has 4 rings (SSSR count). The van der Waals surface area contributed by atoms with Crippen LogP contribution in [0.25, 0.3) is 0 Å². The molecule has 1 saturated heterocycles. The van der Waals surface area contributed by atoms with E-state index in [0.29, 0.717) is 37.3 Å². The van der Waals surface area contributed by atoms with Gasteiger partial charge in [-0.05, 0) is 18.2 Å². The number of anilines is 2. The largest absolute Gasteiger partial charge is 0.372 e. The summed E-state index contributed by atoms with van der Waals surface area (Å²) in [4.78, 5) is 33.6. The van der Waals surface area contributed by atoms with Gasteiger partial charge in [0.15, 0.2) is 0 Å². The molecule has 1 fully saturated rings. The Kier molecular flexibility index (Phi) is 4.57. The van der Waals surface area contributed by atoms with Crippen molar-refractivity contribution in [3.05, 3.63) is 42.0 Å². The maximum atomic E-state index is 13.3. The molecule has 2 aromatic rings. The number of carbonyl (C=O) groups is 2. The summed E-state index contributed by atoms with van der Waals surface area (Å²) in [6.45, 7) is 2.68. The molecule has 3 heterocycles. The van der Waals surface area contributed by atoms with Gasteiger partial charge in [-0.15, -0.1) is 0 Å². The maximum Gasteiger partial charge on any atom is 0.254 e.